The van der Waals surface area contributed by atoms with Gasteiger partial charge in [0.2, 0.25) is 0 Å². The molecule has 1 heterocycles. The number of rotatable bonds is 9. The second-order valence-corrected chi connectivity index (χ2v) is 6.16. The molecule has 10 heteroatoms. The smallest absolute Gasteiger partial charge is 0.412 e. The van der Waals surface area contributed by atoms with Gasteiger partial charge in [-0.25, -0.2) is 0 Å². The molecule has 0 saturated heterocycles. The molecule has 0 unspecified atom stereocenters. The van der Waals surface area contributed by atoms with E-state index in [-0.39, 0.29) is 16.7 Å². The molecule has 1 aromatic heterocycles. The Morgan fingerprint density at radius 1 is 1.38 bits per heavy atom. The molecule has 2 rings (SSSR count). The Bertz CT molecular complexity index is 840. The standard InChI is InChI=1S/C16H19BrN4O5/c1-3-4-7-26-12-8-10(5-6-11(12)25-2)9-18-14-13(17)16(22)20-19-15(14)21(23)24/h5-6,8H,3-4,7,9H2,1-2H3,(H2,18,20,22). The summed E-state index contributed by atoms with van der Waals surface area (Å²) in [6, 6.07) is 5.36. The van der Waals surface area contributed by atoms with Crippen molar-refractivity contribution in [3.8, 4) is 11.5 Å². The SMILES string of the molecule is CCCCOc1cc(CNc2c([N+](=O)[O-])n[nH]c(=O)c2Br)ccc1OC. The van der Waals surface area contributed by atoms with Crippen molar-refractivity contribution in [2.24, 2.45) is 0 Å². The van der Waals surface area contributed by atoms with E-state index in [4.69, 9.17) is 9.47 Å². The maximum Gasteiger partial charge on any atom is 0.412 e. The first kappa shape index (κ1) is 19.7. The zero-order valence-corrected chi connectivity index (χ0v) is 16.0. The second-order valence-electron chi connectivity index (χ2n) is 5.36. The van der Waals surface area contributed by atoms with Crippen molar-refractivity contribution in [2.75, 3.05) is 19.0 Å². The summed E-state index contributed by atoms with van der Waals surface area (Å²) >= 11 is 3.06. The summed E-state index contributed by atoms with van der Waals surface area (Å²) in [6.07, 6.45) is 1.93. The Balaban J connectivity index is 2.22. The average Bonchev–Trinajstić information content (AvgIpc) is 2.63. The van der Waals surface area contributed by atoms with Crippen LogP contribution in [0, 0.1) is 10.1 Å². The molecule has 0 aliphatic heterocycles. The predicted octanol–water partition coefficient (Wildman–Crippen LogP) is 3.24. The number of hydrogen-bond acceptors (Lipinski definition) is 7. The number of anilines is 1. The van der Waals surface area contributed by atoms with Crippen molar-refractivity contribution in [1.82, 2.24) is 10.2 Å². The molecule has 0 atom stereocenters. The number of nitrogens with one attached hydrogen (secondary N) is 2. The first-order valence-electron chi connectivity index (χ1n) is 7.94. The van der Waals surface area contributed by atoms with Crippen molar-refractivity contribution < 1.29 is 14.4 Å². The molecule has 140 valence electrons. The molecule has 0 radical (unpaired) electrons. The molecule has 0 fully saturated rings. The highest BCUT2D eigenvalue weighted by Gasteiger charge is 2.21. The highest BCUT2D eigenvalue weighted by molar-refractivity contribution is 9.10. The van der Waals surface area contributed by atoms with Crippen molar-refractivity contribution >= 4 is 27.4 Å². The lowest BCUT2D eigenvalue weighted by atomic mass is 10.2. The van der Waals surface area contributed by atoms with Gasteiger partial charge in [0.1, 0.15) is 4.47 Å². The molecule has 26 heavy (non-hydrogen) atoms. The number of hydrogen-bond donors (Lipinski definition) is 2. The van der Waals surface area contributed by atoms with Crippen LogP contribution in [0.4, 0.5) is 11.5 Å². The molecule has 2 N–H and O–H groups in total. The molecule has 9 nitrogen and oxygen atoms in total. The number of benzene rings is 1. The average molecular weight is 427 g/mol. The van der Waals surface area contributed by atoms with Gasteiger partial charge in [0.15, 0.2) is 17.2 Å². The monoisotopic (exact) mass is 426 g/mol. The molecular weight excluding hydrogens is 408 g/mol. The molecule has 2 aromatic rings. The Hall–Kier alpha value is -2.62. The molecule has 0 aliphatic rings. The van der Waals surface area contributed by atoms with Gasteiger partial charge < -0.3 is 24.9 Å². The van der Waals surface area contributed by atoms with Crippen molar-refractivity contribution in [3.63, 3.8) is 0 Å². The maximum atomic E-state index is 11.6. The normalized spacial score (nSPS) is 10.4. The Morgan fingerprint density at radius 2 is 2.15 bits per heavy atom. The summed E-state index contributed by atoms with van der Waals surface area (Å²) in [6.45, 7) is 2.87. The minimum Gasteiger partial charge on any atom is -0.493 e. The summed E-state index contributed by atoms with van der Waals surface area (Å²) in [5.41, 5.74) is 0.262. The third-order valence-electron chi connectivity index (χ3n) is 3.53. The van der Waals surface area contributed by atoms with Crippen LogP contribution >= 0.6 is 15.9 Å². The van der Waals surface area contributed by atoms with Crippen molar-refractivity contribution in [2.45, 2.75) is 26.3 Å². The van der Waals surface area contributed by atoms with Crippen LogP contribution < -0.4 is 20.3 Å². The van der Waals surface area contributed by atoms with Crippen molar-refractivity contribution in [3.05, 3.63) is 48.7 Å². The van der Waals surface area contributed by atoms with Crippen LogP contribution in [0.5, 0.6) is 11.5 Å². The van der Waals surface area contributed by atoms with Gasteiger partial charge in [-0.3, -0.25) is 4.79 Å². The highest BCUT2D eigenvalue weighted by Crippen LogP contribution is 2.30. The summed E-state index contributed by atoms with van der Waals surface area (Å²) in [5, 5.41) is 19.5. The fourth-order valence-corrected chi connectivity index (χ4v) is 2.58. The largest absolute Gasteiger partial charge is 0.493 e. The molecule has 0 spiro atoms. The van der Waals surface area contributed by atoms with Gasteiger partial charge in [0, 0.05) is 6.54 Å². The van der Waals surface area contributed by atoms with E-state index in [2.05, 4.69) is 38.4 Å². The third kappa shape index (κ3) is 4.72. The number of ether oxygens (including phenoxy) is 2. The van der Waals surface area contributed by atoms with Crippen LogP contribution in [0.1, 0.15) is 25.3 Å². The molecular formula is C16H19BrN4O5. The lowest BCUT2D eigenvalue weighted by Gasteiger charge is -2.13. The van der Waals surface area contributed by atoms with Gasteiger partial charge in [0.25, 0.3) is 5.56 Å². The summed E-state index contributed by atoms with van der Waals surface area (Å²) in [7, 11) is 1.56. The van der Waals surface area contributed by atoms with Crippen LogP contribution in [0.3, 0.4) is 0 Å². The first-order chi connectivity index (χ1) is 12.5. The summed E-state index contributed by atoms with van der Waals surface area (Å²) in [4.78, 5) is 22.1. The number of nitro groups is 1. The lowest BCUT2D eigenvalue weighted by Crippen LogP contribution is -2.15. The fraction of sp³-hybridized carbons (Fsp3) is 0.375. The zero-order valence-electron chi connectivity index (χ0n) is 14.4. The van der Waals surface area contributed by atoms with E-state index in [1.807, 2.05) is 0 Å². The van der Waals surface area contributed by atoms with Gasteiger partial charge in [-0.15, -0.1) is 5.10 Å². The van der Waals surface area contributed by atoms with E-state index in [0.717, 1.165) is 18.4 Å². The molecule has 1 aromatic carbocycles. The first-order valence-corrected chi connectivity index (χ1v) is 8.73. The van der Waals surface area contributed by atoms with E-state index in [9.17, 15) is 14.9 Å². The zero-order chi connectivity index (χ0) is 19.1. The maximum absolute atomic E-state index is 11.6. The molecule has 0 aliphatic carbocycles. The van der Waals surface area contributed by atoms with Gasteiger partial charge in [-0.1, -0.05) is 19.4 Å². The quantitative estimate of drug-likeness (QED) is 0.358. The predicted molar refractivity (Wildman–Crippen MR) is 99.9 cm³/mol. The van der Waals surface area contributed by atoms with Gasteiger partial charge in [0.05, 0.1) is 18.8 Å². The van der Waals surface area contributed by atoms with Crippen LogP contribution in [-0.2, 0) is 6.54 Å². The van der Waals surface area contributed by atoms with E-state index >= 15 is 0 Å². The van der Waals surface area contributed by atoms with E-state index in [1.54, 1.807) is 25.3 Å². The lowest BCUT2D eigenvalue weighted by molar-refractivity contribution is -0.389. The number of aromatic nitrogens is 2. The number of unbranched alkanes of at least 4 members (excludes halogenated alkanes) is 1. The summed E-state index contributed by atoms with van der Waals surface area (Å²) < 4.78 is 11.0. The van der Waals surface area contributed by atoms with Gasteiger partial charge >= 0.3 is 5.82 Å². The van der Waals surface area contributed by atoms with Crippen LogP contribution in [0.15, 0.2) is 27.5 Å². The van der Waals surface area contributed by atoms with E-state index in [0.29, 0.717) is 18.1 Å². The second kappa shape index (κ2) is 9.18. The minimum atomic E-state index is -0.670. The van der Waals surface area contributed by atoms with Crippen LogP contribution in [-0.4, -0.2) is 28.8 Å². The topological polar surface area (TPSA) is 119 Å². The highest BCUT2D eigenvalue weighted by atomic mass is 79.9. The number of H-pyrrole nitrogens is 1. The number of methoxy groups -OCH3 is 1. The molecule has 0 saturated carbocycles. The Labute approximate surface area is 158 Å². The van der Waals surface area contributed by atoms with Crippen LogP contribution in [0.2, 0.25) is 0 Å². The minimum absolute atomic E-state index is 0.0167. The third-order valence-corrected chi connectivity index (χ3v) is 4.29. The number of aromatic amines is 1. The molecule has 0 bridgehead atoms. The Morgan fingerprint density at radius 3 is 2.81 bits per heavy atom. The number of nitrogens with zero attached hydrogens (tertiary/aromatic N) is 2. The van der Waals surface area contributed by atoms with Crippen molar-refractivity contribution in [1.29, 1.82) is 0 Å². The van der Waals surface area contributed by atoms with Gasteiger partial charge in [-0.05, 0) is 45.0 Å². The van der Waals surface area contributed by atoms with Gasteiger partial charge in [-0.2, -0.15) is 0 Å². The Kier molecular flexibility index (Phi) is 6.96. The van der Waals surface area contributed by atoms with E-state index in [1.165, 1.54) is 0 Å². The fourth-order valence-electron chi connectivity index (χ4n) is 2.17. The van der Waals surface area contributed by atoms with E-state index < -0.39 is 16.3 Å². The molecule has 0 amide bonds. The summed E-state index contributed by atoms with van der Waals surface area (Å²) in [5.74, 6) is 0.733. The van der Waals surface area contributed by atoms with Crippen LogP contribution in [0.25, 0.3) is 0 Å². The number of halogens is 1.